The molecule has 1 N–H and O–H groups in total. The summed E-state index contributed by atoms with van der Waals surface area (Å²) in [5.41, 5.74) is 2.24. The number of halogens is 3. The minimum absolute atomic E-state index is 0.176. The molecule has 21 heavy (non-hydrogen) atoms. The molecule has 0 aliphatic rings. The van der Waals surface area contributed by atoms with Crippen LogP contribution in [0.25, 0.3) is 0 Å². The van der Waals surface area contributed by atoms with E-state index in [1.165, 1.54) is 0 Å². The number of aromatic nitrogens is 1. The van der Waals surface area contributed by atoms with Crippen molar-refractivity contribution in [2.24, 2.45) is 0 Å². The van der Waals surface area contributed by atoms with Crippen molar-refractivity contribution in [3.05, 3.63) is 62.3 Å². The molecule has 0 aliphatic carbocycles. The topological polar surface area (TPSA) is 24.9 Å². The summed E-state index contributed by atoms with van der Waals surface area (Å²) in [6.07, 6.45) is 5.33. The number of pyridine rings is 1. The molecule has 1 aromatic heterocycles. The Balaban J connectivity index is 2.25. The third-order valence-corrected chi connectivity index (χ3v) is 4.84. The van der Waals surface area contributed by atoms with Crippen LogP contribution in [0.2, 0.25) is 10.0 Å². The van der Waals surface area contributed by atoms with Gasteiger partial charge >= 0.3 is 0 Å². The van der Waals surface area contributed by atoms with Crippen molar-refractivity contribution in [2.45, 2.75) is 25.8 Å². The van der Waals surface area contributed by atoms with Gasteiger partial charge in [0.25, 0.3) is 0 Å². The van der Waals surface area contributed by atoms with E-state index in [1.54, 1.807) is 12.4 Å². The number of hydrogen-bond donors (Lipinski definition) is 1. The highest BCUT2D eigenvalue weighted by atomic mass is 79.9. The molecular weight excluding hydrogens is 371 g/mol. The van der Waals surface area contributed by atoms with Gasteiger partial charge in [-0.15, -0.1) is 0 Å². The SMILES string of the molecule is CCCNC(Cc1ccncc1Cl)c1ccc(Br)c(Cl)c1. The molecule has 1 unspecified atom stereocenters. The van der Waals surface area contributed by atoms with E-state index in [2.05, 4.69) is 39.2 Å². The average molecular weight is 388 g/mol. The first-order valence-electron chi connectivity index (χ1n) is 6.88. The summed E-state index contributed by atoms with van der Waals surface area (Å²) < 4.78 is 0.907. The van der Waals surface area contributed by atoms with Crippen molar-refractivity contribution >= 4 is 39.1 Å². The molecule has 1 aromatic carbocycles. The van der Waals surface area contributed by atoms with Gasteiger partial charge in [0.15, 0.2) is 0 Å². The minimum Gasteiger partial charge on any atom is -0.310 e. The molecule has 0 aliphatic heterocycles. The molecule has 5 heteroatoms. The molecule has 1 heterocycles. The summed E-state index contributed by atoms with van der Waals surface area (Å²) in [5, 5.41) is 4.97. The summed E-state index contributed by atoms with van der Waals surface area (Å²) >= 11 is 15.9. The summed E-state index contributed by atoms with van der Waals surface area (Å²) in [5.74, 6) is 0. The van der Waals surface area contributed by atoms with Gasteiger partial charge in [0.1, 0.15) is 0 Å². The highest BCUT2D eigenvalue weighted by molar-refractivity contribution is 9.10. The molecular formula is C16H17BrCl2N2. The molecule has 0 fully saturated rings. The van der Waals surface area contributed by atoms with E-state index >= 15 is 0 Å². The van der Waals surface area contributed by atoms with E-state index in [-0.39, 0.29) is 6.04 Å². The Morgan fingerprint density at radius 3 is 2.71 bits per heavy atom. The maximum absolute atomic E-state index is 6.22. The van der Waals surface area contributed by atoms with Crippen molar-refractivity contribution in [3.63, 3.8) is 0 Å². The van der Waals surface area contributed by atoms with Crippen LogP contribution >= 0.6 is 39.1 Å². The van der Waals surface area contributed by atoms with Crippen LogP contribution in [0.1, 0.15) is 30.5 Å². The number of hydrogen-bond acceptors (Lipinski definition) is 2. The Morgan fingerprint density at radius 1 is 1.24 bits per heavy atom. The summed E-state index contributed by atoms with van der Waals surface area (Å²) in [6, 6.07) is 8.19. The third kappa shape index (κ3) is 4.68. The first-order valence-corrected chi connectivity index (χ1v) is 8.43. The Kier molecular flexibility index (Phi) is 6.49. The maximum atomic E-state index is 6.22. The number of benzene rings is 1. The first kappa shape index (κ1) is 16.8. The molecule has 0 saturated carbocycles. The van der Waals surface area contributed by atoms with Crippen molar-refractivity contribution in [1.29, 1.82) is 0 Å². The van der Waals surface area contributed by atoms with E-state index in [9.17, 15) is 0 Å². The van der Waals surface area contributed by atoms with Crippen molar-refractivity contribution in [1.82, 2.24) is 10.3 Å². The molecule has 0 bridgehead atoms. The predicted molar refractivity (Wildman–Crippen MR) is 93.1 cm³/mol. The third-order valence-electron chi connectivity index (χ3n) is 3.27. The van der Waals surface area contributed by atoms with Gasteiger partial charge in [-0.1, -0.05) is 36.2 Å². The minimum atomic E-state index is 0.176. The highest BCUT2D eigenvalue weighted by Crippen LogP contribution is 2.28. The van der Waals surface area contributed by atoms with Crippen LogP contribution in [-0.2, 0) is 6.42 Å². The van der Waals surface area contributed by atoms with Crippen LogP contribution in [0.4, 0.5) is 0 Å². The smallest absolute Gasteiger partial charge is 0.0622 e. The summed E-state index contributed by atoms with van der Waals surface area (Å²) in [7, 11) is 0. The lowest BCUT2D eigenvalue weighted by atomic mass is 9.99. The molecule has 2 aromatic rings. The lowest BCUT2D eigenvalue weighted by Gasteiger charge is -2.20. The molecule has 0 amide bonds. The zero-order chi connectivity index (χ0) is 15.2. The fraction of sp³-hybridized carbons (Fsp3) is 0.312. The Morgan fingerprint density at radius 2 is 2.05 bits per heavy atom. The highest BCUT2D eigenvalue weighted by Gasteiger charge is 2.14. The fourth-order valence-electron chi connectivity index (χ4n) is 2.15. The van der Waals surface area contributed by atoms with Crippen molar-refractivity contribution < 1.29 is 0 Å². The molecule has 112 valence electrons. The molecule has 0 saturated heterocycles. The van der Waals surface area contributed by atoms with Gasteiger partial charge in [0, 0.05) is 22.9 Å². The fourth-order valence-corrected chi connectivity index (χ4v) is 2.78. The van der Waals surface area contributed by atoms with Gasteiger partial charge in [0.05, 0.1) is 10.0 Å². The van der Waals surface area contributed by atoms with Gasteiger partial charge in [-0.05, 0) is 64.6 Å². The van der Waals surface area contributed by atoms with E-state index in [4.69, 9.17) is 23.2 Å². The Labute approximate surface area is 144 Å². The average Bonchev–Trinajstić information content (AvgIpc) is 2.48. The van der Waals surface area contributed by atoms with Crippen LogP contribution in [-0.4, -0.2) is 11.5 Å². The van der Waals surface area contributed by atoms with E-state index in [1.807, 2.05) is 18.2 Å². The first-order chi connectivity index (χ1) is 10.1. The van der Waals surface area contributed by atoms with Crippen LogP contribution in [0.15, 0.2) is 41.1 Å². The van der Waals surface area contributed by atoms with Crippen LogP contribution in [0.5, 0.6) is 0 Å². The van der Waals surface area contributed by atoms with Crippen LogP contribution < -0.4 is 5.32 Å². The Hall–Kier alpha value is -0.610. The quantitative estimate of drug-likeness (QED) is 0.714. The standard InChI is InChI=1S/C16H17BrCl2N2/c1-2-6-21-16(9-11-5-7-20-10-15(11)19)12-3-4-13(17)14(18)8-12/h3-5,7-8,10,16,21H,2,6,9H2,1H3. The van der Waals surface area contributed by atoms with Gasteiger partial charge in [0.2, 0.25) is 0 Å². The Bertz CT molecular complexity index is 605. The zero-order valence-electron chi connectivity index (χ0n) is 11.7. The van der Waals surface area contributed by atoms with Gasteiger partial charge < -0.3 is 5.32 Å². The van der Waals surface area contributed by atoms with Gasteiger partial charge in [-0.2, -0.15) is 0 Å². The number of nitrogens with zero attached hydrogens (tertiary/aromatic N) is 1. The van der Waals surface area contributed by atoms with Gasteiger partial charge in [-0.25, -0.2) is 0 Å². The molecule has 2 rings (SSSR count). The molecule has 2 nitrogen and oxygen atoms in total. The van der Waals surface area contributed by atoms with Crippen LogP contribution in [0, 0.1) is 0 Å². The summed E-state index contributed by atoms with van der Waals surface area (Å²) in [4.78, 5) is 4.03. The second-order valence-corrected chi connectivity index (χ2v) is 6.52. The van der Waals surface area contributed by atoms with Gasteiger partial charge in [-0.3, -0.25) is 4.98 Å². The summed E-state index contributed by atoms with van der Waals surface area (Å²) in [6.45, 7) is 3.10. The van der Waals surface area contributed by atoms with E-state index in [0.29, 0.717) is 5.02 Å². The van der Waals surface area contributed by atoms with E-state index in [0.717, 1.165) is 40.0 Å². The monoisotopic (exact) mass is 386 g/mol. The van der Waals surface area contributed by atoms with Crippen molar-refractivity contribution in [3.8, 4) is 0 Å². The molecule has 0 radical (unpaired) electrons. The lowest BCUT2D eigenvalue weighted by Crippen LogP contribution is -2.24. The maximum Gasteiger partial charge on any atom is 0.0622 e. The van der Waals surface area contributed by atoms with Crippen molar-refractivity contribution in [2.75, 3.05) is 6.54 Å². The van der Waals surface area contributed by atoms with Crippen LogP contribution in [0.3, 0.4) is 0 Å². The lowest BCUT2D eigenvalue weighted by molar-refractivity contribution is 0.529. The largest absolute Gasteiger partial charge is 0.310 e. The zero-order valence-corrected chi connectivity index (χ0v) is 14.8. The molecule has 1 atom stereocenters. The normalized spacial score (nSPS) is 12.4. The molecule has 0 spiro atoms. The second-order valence-electron chi connectivity index (χ2n) is 4.85. The predicted octanol–water partition coefficient (Wildman–Crippen LogP) is 5.43. The number of nitrogens with one attached hydrogen (secondary N) is 1. The van der Waals surface area contributed by atoms with E-state index < -0.39 is 0 Å². The second kappa shape index (κ2) is 8.14. The number of rotatable bonds is 6.